The summed E-state index contributed by atoms with van der Waals surface area (Å²) in [5, 5.41) is 12.5. The van der Waals surface area contributed by atoms with Gasteiger partial charge >= 0.3 is 0 Å². The second-order valence-electron chi connectivity index (χ2n) is 5.24. The molecule has 1 aliphatic rings. The Morgan fingerprint density at radius 3 is 2.74 bits per heavy atom. The van der Waals surface area contributed by atoms with E-state index >= 15 is 0 Å². The highest BCUT2D eigenvalue weighted by Gasteiger charge is 2.23. The summed E-state index contributed by atoms with van der Waals surface area (Å²) >= 11 is 0. The summed E-state index contributed by atoms with van der Waals surface area (Å²) < 4.78 is 5.92. The van der Waals surface area contributed by atoms with Gasteiger partial charge in [0.05, 0.1) is 12.1 Å². The first-order chi connectivity index (χ1) is 9.40. The Morgan fingerprint density at radius 1 is 1.21 bits per heavy atom. The summed E-state index contributed by atoms with van der Waals surface area (Å²) in [6.07, 6.45) is 6.88. The van der Waals surface area contributed by atoms with Crippen LogP contribution in [0.4, 0.5) is 5.69 Å². The van der Waals surface area contributed by atoms with E-state index in [1.54, 1.807) is 0 Å². The Hall–Kier alpha value is -1.06. The van der Waals surface area contributed by atoms with Crippen LogP contribution in [0.3, 0.4) is 0 Å². The number of unbranched alkanes of at least 4 members (excludes halogenated alkanes) is 1. The van der Waals surface area contributed by atoms with E-state index in [-0.39, 0.29) is 6.61 Å². The van der Waals surface area contributed by atoms with Crippen LogP contribution in [-0.2, 0) is 4.74 Å². The lowest BCUT2D eigenvalue weighted by Gasteiger charge is -2.32. The smallest absolute Gasteiger partial charge is 0.0776 e. The van der Waals surface area contributed by atoms with E-state index in [0.717, 1.165) is 38.0 Å². The fraction of sp³-hybridized carbons (Fsp3) is 0.625. The maximum atomic E-state index is 8.93. The molecule has 1 aromatic rings. The first-order valence-electron chi connectivity index (χ1n) is 7.44. The van der Waals surface area contributed by atoms with Crippen molar-refractivity contribution in [2.24, 2.45) is 0 Å². The highest BCUT2D eigenvalue weighted by molar-refractivity contribution is 5.43. The molecule has 3 heteroatoms. The number of aliphatic hydroxyl groups is 1. The van der Waals surface area contributed by atoms with Gasteiger partial charge < -0.3 is 15.2 Å². The standard InChI is InChI=1S/C16H25NO2/c18-12-6-4-10-15(16-11-5-7-13-19-16)17-14-8-2-1-3-9-14/h1-3,8-9,15-18H,4-7,10-13H2. The molecule has 0 bridgehead atoms. The van der Waals surface area contributed by atoms with Gasteiger partial charge in [0.15, 0.2) is 0 Å². The highest BCUT2D eigenvalue weighted by Crippen LogP contribution is 2.22. The predicted octanol–water partition coefficient (Wildman–Crippen LogP) is 3.20. The van der Waals surface area contributed by atoms with Gasteiger partial charge in [0, 0.05) is 18.9 Å². The summed E-state index contributed by atoms with van der Waals surface area (Å²) in [6, 6.07) is 10.7. The minimum atomic E-state index is 0.281. The van der Waals surface area contributed by atoms with Gasteiger partial charge in [-0.3, -0.25) is 0 Å². The molecule has 2 unspecified atom stereocenters. The third-order valence-electron chi connectivity index (χ3n) is 3.71. The van der Waals surface area contributed by atoms with Crippen molar-refractivity contribution >= 4 is 5.69 Å². The fourth-order valence-corrected chi connectivity index (χ4v) is 2.66. The summed E-state index contributed by atoms with van der Waals surface area (Å²) in [5.74, 6) is 0. The van der Waals surface area contributed by atoms with E-state index in [1.807, 2.05) is 6.07 Å². The quantitative estimate of drug-likeness (QED) is 0.742. The number of rotatable bonds is 7. The zero-order chi connectivity index (χ0) is 13.3. The monoisotopic (exact) mass is 263 g/mol. The molecule has 1 aromatic carbocycles. The molecule has 106 valence electrons. The molecule has 0 amide bonds. The van der Waals surface area contributed by atoms with E-state index < -0.39 is 0 Å². The van der Waals surface area contributed by atoms with Crippen LogP contribution in [0.2, 0.25) is 0 Å². The van der Waals surface area contributed by atoms with Gasteiger partial charge in [-0.05, 0) is 50.7 Å². The Labute approximate surface area is 116 Å². The van der Waals surface area contributed by atoms with Crippen molar-refractivity contribution in [3.8, 4) is 0 Å². The SMILES string of the molecule is OCCCCC(Nc1ccccc1)C1CCCCO1. The molecule has 0 spiro atoms. The topological polar surface area (TPSA) is 41.5 Å². The summed E-state index contributed by atoms with van der Waals surface area (Å²) in [5.41, 5.74) is 1.16. The predicted molar refractivity (Wildman–Crippen MR) is 78.4 cm³/mol. The molecule has 0 radical (unpaired) electrons. The van der Waals surface area contributed by atoms with Gasteiger partial charge in [-0.1, -0.05) is 18.2 Å². The van der Waals surface area contributed by atoms with Crippen LogP contribution in [0.15, 0.2) is 30.3 Å². The van der Waals surface area contributed by atoms with Crippen molar-refractivity contribution in [2.75, 3.05) is 18.5 Å². The van der Waals surface area contributed by atoms with Gasteiger partial charge in [-0.2, -0.15) is 0 Å². The molecule has 1 saturated heterocycles. The summed E-state index contributed by atoms with van der Waals surface area (Å²) in [4.78, 5) is 0. The average molecular weight is 263 g/mol. The lowest BCUT2D eigenvalue weighted by molar-refractivity contribution is 0.00261. The Kier molecular flexibility index (Phi) is 6.18. The third-order valence-corrected chi connectivity index (χ3v) is 3.71. The molecule has 2 rings (SSSR count). The lowest BCUT2D eigenvalue weighted by Crippen LogP contribution is -2.38. The molecule has 19 heavy (non-hydrogen) atoms. The van der Waals surface area contributed by atoms with E-state index in [9.17, 15) is 0 Å². The Morgan fingerprint density at radius 2 is 2.05 bits per heavy atom. The second-order valence-corrected chi connectivity index (χ2v) is 5.24. The van der Waals surface area contributed by atoms with Crippen molar-refractivity contribution in [1.82, 2.24) is 0 Å². The zero-order valence-electron chi connectivity index (χ0n) is 11.6. The molecule has 2 N–H and O–H groups in total. The number of nitrogens with one attached hydrogen (secondary N) is 1. The van der Waals surface area contributed by atoms with Gasteiger partial charge in [0.1, 0.15) is 0 Å². The van der Waals surface area contributed by atoms with Gasteiger partial charge in [0.25, 0.3) is 0 Å². The number of benzene rings is 1. The van der Waals surface area contributed by atoms with E-state index in [4.69, 9.17) is 9.84 Å². The molecular formula is C16H25NO2. The highest BCUT2D eigenvalue weighted by atomic mass is 16.5. The number of ether oxygens (including phenoxy) is 1. The number of para-hydroxylation sites is 1. The largest absolute Gasteiger partial charge is 0.396 e. The van der Waals surface area contributed by atoms with Gasteiger partial charge in [-0.15, -0.1) is 0 Å². The van der Waals surface area contributed by atoms with Crippen molar-refractivity contribution < 1.29 is 9.84 Å². The molecule has 2 atom stereocenters. The number of anilines is 1. The molecular weight excluding hydrogens is 238 g/mol. The Bertz CT molecular complexity index is 336. The first-order valence-corrected chi connectivity index (χ1v) is 7.44. The van der Waals surface area contributed by atoms with Crippen LogP contribution in [0, 0.1) is 0 Å². The van der Waals surface area contributed by atoms with Crippen molar-refractivity contribution in [2.45, 2.75) is 50.7 Å². The molecule has 1 aliphatic heterocycles. The summed E-state index contributed by atoms with van der Waals surface area (Å²) in [6.45, 7) is 1.17. The van der Waals surface area contributed by atoms with Crippen LogP contribution < -0.4 is 5.32 Å². The maximum Gasteiger partial charge on any atom is 0.0776 e. The van der Waals surface area contributed by atoms with Crippen LogP contribution in [-0.4, -0.2) is 30.5 Å². The number of hydrogen-bond donors (Lipinski definition) is 2. The maximum absolute atomic E-state index is 8.93. The lowest BCUT2D eigenvalue weighted by atomic mass is 9.97. The third kappa shape index (κ3) is 4.84. The van der Waals surface area contributed by atoms with E-state index in [0.29, 0.717) is 12.1 Å². The van der Waals surface area contributed by atoms with Crippen molar-refractivity contribution in [3.63, 3.8) is 0 Å². The van der Waals surface area contributed by atoms with E-state index in [2.05, 4.69) is 29.6 Å². The minimum absolute atomic E-state index is 0.281. The normalized spacial score (nSPS) is 21.0. The van der Waals surface area contributed by atoms with Crippen molar-refractivity contribution in [3.05, 3.63) is 30.3 Å². The molecule has 1 heterocycles. The average Bonchev–Trinajstić information content (AvgIpc) is 2.48. The minimum Gasteiger partial charge on any atom is -0.396 e. The van der Waals surface area contributed by atoms with Gasteiger partial charge in [-0.25, -0.2) is 0 Å². The Balaban J connectivity index is 1.92. The fourth-order valence-electron chi connectivity index (χ4n) is 2.66. The zero-order valence-corrected chi connectivity index (χ0v) is 11.6. The van der Waals surface area contributed by atoms with Crippen molar-refractivity contribution in [1.29, 1.82) is 0 Å². The molecule has 0 saturated carbocycles. The van der Waals surface area contributed by atoms with E-state index in [1.165, 1.54) is 12.8 Å². The summed E-state index contributed by atoms with van der Waals surface area (Å²) in [7, 11) is 0. The molecule has 1 fully saturated rings. The first kappa shape index (κ1) is 14.4. The molecule has 0 aromatic heterocycles. The van der Waals surface area contributed by atoms with Crippen LogP contribution in [0.25, 0.3) is 0 Å². The van der Waals surface area contributed by atoms with Crippen LogP contribution in [0.5, 0.6) is 0 Å². The number of aliphatic hydroxyl groups excluding tert-OH is 1. The second kappa shape index (κ2) is 8.18. The molecule has 3 nitrogen and oxygen atoms in total. The van der Waals surface area contributed by atoms with Crippen LogP contribution >= 0.6 is 0 Å². The molecule has 0 aliphatic carbocycles. The number of hydrogen-bond acceptors (Lipinski definition) is 3. The van der Waals surface area contributed by atoms with Gasteiger partial charge in [0.2, 0.25) is 0 Å². The van der Waals surface area contributed by atoms with Crippen LogP contribution in [0.1, 0.15) is 38.5 Å².